The minimum atomic E-state index is -0.608. The minimum Gasteiger partial charge on any atom is -0.388 e. The van der Waals surface area contributed by atoms with Crippen molar-refractivity contribution in [2.75, 3.05) is 23.7 Å². The van der Waals surface area contributed by atoms with Crippen molar-refractivity contribution in [1.29, 1.82) is 0 Å². The van der Waals surface area contributed by atoms with Crippen LogP contribution in [0, 0.1) is 0 Å². The molecule has 0 amide bonds. The van der Waals surface area contributed by atoms with Gasteiger partial charge in [-0.2, -0.15) is 0 Å². The summed E-state index contributed by atoms with van der Waals surface area (Å²) in [5.41, 5.74) is 4.83. The number of aromatic nitrogens is 2. The first-order valence-electron chi connectivity index (χ1n) is 4.62. The molecule has 0 bridgehead atoms. The van der Waals surface area contributed by atoms with Gasteiger partial charge >= 0.3 is 0 Å². The van der Waals surface area contributed by atoms with Gasteiger partial charge in [0.1, 0.15) is 11.6 Å². The zero-order valence-corrected chi connectivity index (χ0v) is 8.14. The van der Waals surface area contributed by atoms with Crippen molar-refractivity contribution in [1.82, 2.24) is 9.97 Å². The van der Waals surface area contributed by atoms with Gasteiger partial charge in [-0.25, -0.2) is 9.97 Å². The van der Waals surface area contributed by atoms with Crippen molar-refractivity contribution in [2.45, 2.75) is 18.9 Å². The average Bonchev–Trinajstić information content (AvgIpc) is 2.47. The minimum absolute atomic E-state index is 0.416. The van der Waals surface area contributed by atoms with Gasteiger partial charge < -0.3 is 15.7 Å². The lowest BCUT2D eigenvalue weighted by atomic mass is 10.1. The Bertz CT molecular complexity index is 322. The van der Waals surface area contributed by atoms with E-state index in [-0.39, 0.29) is 0 Å². The van der Waals surface area contributed by atoms with E-state index in [1.165, 1.54) is 6.20 Å². The van der Waals surface area contributed by atoms with E-state index < -0.39 is 5.60 Å². The summed E-state index contributed by atoms with van der Waals surface area (Å²) in [6.07, 6.45) is 3.93. The second-order valence-electron chi connectivity index (χ2n) is 3.97. The molecule has 0 radical (unpaired) electrons. The molecule has 1 fully saturated rings. The number of nitrogens with zero attached hydrogens (tertiary/aromatic N) is 3. The summed E-state index contributed by atoms with van der Waals surface area (Å²) < 4.78 is 0. The number of anilines is 2. The third-order valence-electron chi connectivity index (χ3n) is 2.43. The molecule has 0 spiro atoms. The molecule has 1 aliphatic rings. The normalized spacial score (nSPS) is 26.9. The fraction of sp³-hybridized carbons (Fsp3) is 0.556. The van der Waals surface area contributed by atoms with E-state index in [0.29, 0.717) is 12.4 Å². The van der Waals surface area contributed by atoms with Crippen LogP contribution in [-0.4, -0.2) is 33.8 Å². The second-order valence-corrected chi connectivity index (χ2v) is 3.97. The predicted octanol–water partition coefficient (Wildman–Crippen LogP) is 0.0199. The molecule has 1 aliphatic heterocycles. The second kappa shape index (κ2) is 3.09. The molecule has 3 N–H and O–H groups in total. The van der Waals surface area contributed by atoms with Gasteiger partial charge in [0.15, 0.2) is 0 Å². The molecule has 0 aromatic carbocycles. The van der Waals surface area contributed by atoms with Gasteiger partial charge in [0.2, 0.25) is 0 Å². The molecule has 14 heavy (non-hydrogen) atoms. The van der Waals surface area contributed by atoms with Crippen LogP contribution in [0.15, 0.2) is 12.4 Å². The van der Waals surface area contributed by atoms with Crippen molar-refractivity contribution in [2.24, 2.45) is 0 Å². The van der Waals surface area contributed by atoms with Gasteiger partial charge in [-0.1, -0.05) is 0 Å². The molecule has 76 valence electrons. The lowest BCUT2D eigenvalue weighted by Gasteiger charge is -2.19. The number of aliphatic hydroxyl groups is 1. The highest BCUT2D eigenvalue weighted by atomic mass is 16.3. The number of hydrogen-bond donors (Lipinski definition) is 2. The lowest BCUT2D eigenvalue weighted by Crippen LogP contribution is -2.30. The molecule has 1 saturated heterocycles. The highest BCUT2D eigenvalue weighted by Gasteiger charge is 2.31. The maximum Gasteiger partial charge on any atom is 0.147 e. The van der Waals surface area contributed by atoms with E-state index in [2.05, 4.69) is 9.97 Å². The van der Waals surface area contributed by atoms with Crippen LogP contribution in [0.5, 0.6) is 0 Å². The fourth-order valence-corrected chi connectivity index (χ4v) is 1.64. The van der Waals surface area contributed by atoms with E-state index >= 15 is 0 Å². The zero-order valence-electron chi connectivity index (χ0n) is 8.14. The molecule has 2 rings (SSSR count). The molecular formula is C9H14N4O. The highest BCUT2D eigenvalue weighted by molar-refractivity contribution is 5.41. The standard InChI is InChI=1S/C9H14N4O/c1-9(14)2-3-13(6-9)8-5-11-7(10)4-12-8/h4-5,14H,2-3,6H2,1H3,(H2,10,11). The molecule has 5 heteroatoms. The van der Waals surface area contributed by atoms with Crippen molar-refractivity contribution in [3.63, 3.8) is 0 Å². The van der Waals surface area contributed by atoms with Crippen LogP contribution in [0.3, 0.4) is 0 Å². The Balaban J connectivity index is 2.14. The van der Waals surface area contributed by atoms with E-state index in [0.717, 1.165) is 18.8 Å². The molecule has 1 unspecified atom stereocenters. The van der Waals surface area contributed by atoms with Gasteiger partial charge in [0.05, 0.1) is 18.0 Å². The topological polar surface area (TPSA) is 75.3 Å². The van der Waals surface area contributed by atoms with Gasteiger partial charge in [-0.15, -0.1) is 0 Å². The molecule has 2 heterocycles. The van der Waals surface area contributed by atoms with Crippen molar-refractivity contribution < 1.29 is 5.11 Å². The van der Waals surface area contributed by atoms with E-state index in [1.54, 1.807) is 6.20 Å². The van der Waals surface area contributed by atoms with Crippen molar-refractivity contribution in [3.05, 3.63) is 12.4 Å². The summed E-state index contributed by atoms with van der Waals surface area (Å²) in [6, 6.07) is 0. The van der Waals surface area contributed by atoms with Crippen LogP contribution in [0.25, 0.3) is 0 Å². The summed E-state index contributed by atoms with van der Waals surface area (Å²) >= 11 is 0. The van der Waals surface area contributed by atoms with Crippen LogP contribution < -0.4 is 10.6 Å². The zero-order chi connectivity index (χ0) is 10.2. The van der Waals surface area contributed by atoms with E-state index in [1.807, 2.05) is 11.8 Å². The average molecular weight is 194 g/mol. The molecule has 0 aliphatic carbocycles. The summed E-state index contributed by atoms with van der Waals surface area (Å²) in [6.45, 7) is 3.24. The smallest absolute Gasteiger partial charge is 0.147 e. The number of nitrogens with two attached hydrogens (primary N) is 1. The van der Waals surface area contributed by atoms with Crippen LogP contribution in [0.4, 0.5) is 11.6 Å². The fourth-order valence-electron chi connectivity index (χ4n) is 1.64. The van der Waals surface area contributed by atoms with E-state index in [4.69, 9.17) is 5.73 Å². The summed E-state index contributed by atoms with van der Waals surface area (Å²) in [7, 11) is 0. The SMILES string of the molecule is CC1(O)CCN(c2cnc(N)cn2)C1. The van der Waals surface area contributed by atoms with Gasteiger partial charge in [0.25, 0.3) is 0 Å². The Morgan fingerprint density at radius 2 is 2.29 bits per heavy atom. The summed E-state index contributed by atoms with van der Waals surface area (Å²) in [5.74, 6) is 1.19. The Morgan fingerprint density at radius 3 is 2.79 bits per heavy atom. The van der Waals surface area contributed by atoms with Crippen LogP contribution in [0.2, 0.25) is 0 Å². The molecule has 1 aromatic heterocycles. The van der Waals surface area contributed by atoms with E-state index in [9.17, 15) is 5.11 Å². The first kappa shape index (κ1) is 9.21. The van der Waals surface area contributed by atoms with Crippen LogP contribution in [0.1, 0.15) is 13.3 Å². The van der Waals surface area contributed by atoms with Gasteiger partial charge in [0, 0.05) is 13.1 Å². The maximum atomic E-state index is 9.77. The third kappa shape index (κ3) is 1.77. The first-order chi connectivity index (χ1) is 6.57. The van der Waals surface area contributed by atoms with Crippen LogP contribution >= 0.6 is 0 Å². The summed E-state index contributed by atoms with van der Waals surface area (Å²) in [4.78, 5) is 10.1. The number of nitrogen functional groups attached to an aromatic ring is 1. The monoisotopic (exact) mass is 194 g/mol. The highest BCUT2D eigenvalue weighted by Crippen LogP contribution is 2.24. The van der Waals surface area contributed by atoms with Crippen LogP contribution in [-0.2, 0) is 0 Å². The Hall–Kier alpha value is -1.36. The Morgan fingerprint density at radius 1 is 1.50 bits per heavy atom. The van der Waals surface area contributed by atoms with Crippen molar-refractivity contribution in [3.8, 4) is 0 Å². The Labute approximate surface area is 82.6 Å². The molecule has 5 nitrogen and oxygen atoms in total. The summed E-state index contributed by atoms with van der Waals surface area (Å²) in [5, 5.41) is 9.77. The number of rotatable bonds is 1. The molecule has 1 aromatic rings. The first-order valence-corrected chi connectivity index (χ1v) is 4.62. The number of β-amino-alcohol motifs (C(OH)–C–C–N with tert-alkyl or cyclic N) is 1. The van der Waals surface area contributed by atoms with Crippen molar-refractivity contribution >= 4 is 11.6 Å². The van der Waals surface area contributed by atoms with Gasteiger partial charge in [-0.3, -0.25) is 0 Å². The quantitative estimate of drug-likeness (QED) is 0.659. The largest absolute Gasteiger partial charge is 0.388 e. The lowest BCUT2D eigenvalue weighted by molar-refractivity contribution is 0.0839. The number of hydrogen-bond acceptors (Lipinski definition) is 5. The molecule has 0 saturated carbocycles. The Kier molecular flexibility index (Phi) is 2.03. The third-order valence-corrected chi connectivity index (χ3v) is 2.43. The molecule has 1 atom stereocenters. The maximum absolute atomic E-state index is 9.77. The van der Waals surface area contributed by atoms with Gasteiger partial charge in [-0.05, 0) is 13.3 Å². The molecular weight excluding hydrogens is 180 g/mol. The predicted molar refractivity (Wildman–Crippen MR) is 53.9 cm³/mol.